The number of aromatic nitrogens is 1. The van der Waals surface area contributed by atoms with Crippen LogP contribution in [0.5, 0.6) is 11.6 Å². The molecule has 0 radical (unpaired) electrons. The van der Waals surface area contributed by atoms with Crippen molar-refractivity contribution in [2.45, 2.75) is 0 Å². The highest BCUT2D eigenvalue weighted by Crippen LogP contribution is 2.28. The Labute approximate surface area is 116 Å². The number of non-ortho nitro benzene ring substituents is 1. The quantitative estimate of drug-likeness (QED) is 0.489. The molecule has 0 N–H and O–H groups in total. The molecule has 0 saturated heterocycles. The maximum atomic E-state index is 10.7. The van der Waals surface area contributed by atoms with Crippen LogP contribution >= 0.6 is 15.9 Å². The van der Waals surface area contributed by atoms with E-state index in [1.165, 1.54) is 24.4 Å². The van der Waals surface area contributed by atoms with Gasteiger partial charge in [-0.1, -0.05) is 15.9 Å². The third kappa shape index (κ3) is 3.35. The Hall–Kier alpha value is -2.28. The van der Waals surface area contributed by atoms with Gasteiger partial charge in [0.25, 0.3) is 5.69 Å². The average molecular weight is 323 g/mol. The zero-order valence-electron chi connectivity index (χ0n) is 9.45. The highest BCUT2D eigenvalue weighted by atomic mass is 79.9. The minimum absolute atomic E-state index is 0.0890. The van der Waals surface area contributed by atoms with Crippen LogP contribution in [0.3, 0.4) is 0 Å². The fourth-order valence-electron chi connectivity index (χ4n) is 1.35. The molecule has 1 heterocycles. The summed E-state index contributed by atoms with van der Waals surface area (Å²) in [7, 11) is 0. The van der Waals surface area contributed by atoms with Gasteiger partial charge in [0.05, 0.1) is 11.0 Å². The van der Waals surface area contributed by atoms with E-state index < -0.39 is 4.92 Å². The van der Waals surface area contributed by atoms with Gasteiger partial charge >= 0.3 is 0 Å². The molecule has 19 heavy (non-hydrogen) atoms. The number of nitro groups is 1. The molecule has 1 aromatic heterocycles. The van der Waals surface area contributed by atoms with Crippen LogP contribution in [0.25, 0.3) is 0 Å². The van der Waals surface area contributed by atoms with Crippen molar-refractivity contribution in [2.75, 3.05) is 0 Å². The van der Waals surface area contributed by atoms with Crippen LogP contribution in [-0.4, -0.2) is 16.2 Å². The summed E-state index contributed by atoms with van der Waals surface area (Å²) >= 11 is 3.17. The molecule has 2 rings (SSSR count). The van der Waals surface area contributed by atoms with E-state index in [9.17, 15) is 14.9 Å². The predicted molar refractivity (Wildman–Crippen MR) is 70.5 cm³/mol. The van der Waals surface area contributed by atoms with Gasteiger partial charge in [0.1, 0.15) is 5.75 Å². The maximum Gasteiger partial charge on any atom is 0.274 e. The lowest BCUT2D eigenvalue weighted by Gasteiger charge is -2.05. The van der Waals surface area contributed by atoms with Crippen molar-refractivity contribution >= 4 is 27.9 Å². The van der Waals surface area contributed by atoms with Crippen molar-refractivity contribution in [3.05, 3.63) is 56.7 Å². The van der Waals surface area contributed by atoms with Gasteiger partial charge < -0.3 is 4.74 Å². The Balaban J connectivity index is 2.26. The number of aldehydes is 1. The number of nitro benzene ring substituents is 1. The first-order chi connectivity index (χ1) is 9.08. The smallest absolute Gasteiger partial charge is 0.274 e. The van der Waals surface area contributed by atoms with Crippen molar-refractivity contribution in [3.8, 4) is 11.6 Å². The number of halogens is 1. The normalized spacial score (nSPS) is 9.95. The zero-order chi connectivity index (χ0) is 13.8. The summed E-state index contributed by atoms with van der Waals surface area (Å²) < 4.78 is 5.92. The Morgan fingerprint density at radius 1 is 1.32 bits per heavy atom. The molecule has 7 heteroatoms. The minimum Gasteiger partial charge on any atom is -0.439 e. The van der Waals surface area contributed by atoms with Crippen molar-refractivity contribution in [1.82, 2.24) is 4.98 Å². The van der Waals surface area contributed by atoms with Gasteiger partial charge in [0, 0.05) is 28.4 Å². The highest BCUT2D eigenvalue weighted by molar-refractivity contribution is 9.10. The Bertz CT molecular complexity index is 628. The largest absolute Gasteiger partial charge is 0.439 e. The van der Waals surface area contributed by atoms with Crippen LogP contribution in [-0.2, 0) is 0 Å². The van der Waals surface area contributed by atoms with E-state index in [1.807, 2.05) is 0 Å². The van der Waals surface area contributed by atoms with Crippen molar-refractivity contribution in [1.29, 1.82) is 0 Å². The lowest BCUT2D eigenvalue weighted by molar-refractivity contribution is -0.385. The number of pyridine rings is 1. The van der Waals surface area contributed by atoms with Crippen LogP contribution in [0.1, 0.15) is 10.4 Å². The summed E-state index contributed by atoms with van der Waals surface area (Å²) in [6, 6.07) is 7.30. The van der Waals surface area contributed by atoms with Crippen molar-refractivity contribution in [2.24, 2.45) is 0 Å². The van der Waals surface area contributed by atoms with Crippen LogP contribution in [0.2, 0.25) is 0 Å². The third-order valence-electron chi connectivity index (χ3n) is 2.18. The maximum absolute atomic E-state index is 10.7. The monoisotopic (exact) mass is 322 g/mol. The van der Waals surface area contributed by atoms with Gasteiger partial charge in [-0.15, -0.1) is 0 Å². The highest BCUT2D eigenvalue weighted by Gasteiger charge is 2.10. The summed E-state index contributed by atoms with van der Waals surface area (Å²) in [5.74, 6) is 0.533. The van der Waals surface area contributed by atoms with Crippen LogP contribution in [0.4, 0.5) is 5.69 Å². The molecular formula is C12H7BrN2O4. The lowest BCUT2D eigenvalue weighted by Crippen LogP contribution is -1.92. The van der Waals surface area contributed by atoms with E-state index in [-0.39, 0.29) is 17.3 Å². The molecule has 0 aliphatic carbocycles. The van der Waals surface area contributed by atoms with Gasteiger partial charge in [-0.25, -0.2) is 4.98 Å². The second-order valence-corrected chi connectivity index (χ2v) is 4.47. The molecule has 1 aromatic carbocycles. The molecule has 0 aliphatic rings. The number of ether oxygens (including phenoxy) is 1. The summed E-state index contributed by atoms with van der Waals surface area (Å²) in [6.45, 7) is 0. The SMILES string of the molecule is O=Cc1ccc(Oc2cc(Br)cc([N+](=O)[O-])c2)nc1. The molecule has 96 valence electrons. The van der Waals surface area contributed by atoms with E-state index >= 15 is 0 Å². The number of benzene rings is 1. The third-order valence-corrected chi connectivity index (χ3v) is 2.64. The molecule has 0 amide bonds. The first-order valence-corrected chi connectivity index (χ1v) is 5.92. The van der Waals surface area contributed by atoms with Crippen molar-refractivity contribution < 1.29 is 14.5 Å². The molecule has 0 spiro atoms. The van der Waals surface area contributed by atoms with Gasteiger partial charge in [-0.05, 0) is 12.1 Å². The van der Waals surface area contributed by atoms with Gasteiger partial charge in [-0.3, -0.25) is 14.9 Å². The number of carbonyl (C=O) groups excluding carboxylic acids is 1. The number of carbonyl (C=O) groups is 1. The molecular weight excluding hydrogens is 316 g/mol. The molecule has 0 bridgehead atoms. The van der Waals surface area contributed by atoms with E-state index in [1.54, 1.807) is 12.1 Å². The van der Waals surface area contributed by atoms with Crippen LogP contribution in [0, 0.1) is 10.1 Å². The molecule has 0 aliphatic heterocycles. The standard InChI is InChI=1S/C12H7BrN2O4/c13-9-3-10(15(17)18)5-11(4-9)19-12-2-1-8(7-16)6-14-12/h1-7H. The number of hydrogen-bond acceptors (Lipinski definition) is 5. The zero-order valence-corrected chi connectivity index (χ0v) is 11.0. The van der Waals surface area contributed by atoms with Crippen LogP contribution < -0.4 is 4.74 Å². The second kappa shape index (κ2) is 5.57. The summed E-state index contributed by atoms with van der Waals surface area (Å²) in [5.41, 5.74) is 0.335. The first kappa shape index (κ1) is 13.2. The second-order valence-electron chi connectivity index (χ2n) is 3.55. The topological polar surface area (TPSA) is 82.3 Å². The van der Waals surface area contributed by atoms with Gasteiger partial charge in [0.15, 0.2) is 6.29 Å². The van der Waals surface area contributed by atoms with Crippen molar-refractivity contribution in [3.63, 3.8) is 0 Å². The first-order valence-electron chi connectivity index (χ1n) is 5.12. The number of hydrogen-bond donors (Lipinski definition) is 0. The van der Waals surface area contributed by atoms with E-state index in [2.05, 4.69) is 20.9 Å². The van der Waals surface area contributed by atoms with E-state index in [0.29, 0.717) is 16.3 Å². The summed E-state index contributed by atoms with van der Waals surface area (Å²) in [5, 5.41) is 10.7. The average Bonchev–Trinajstić information content (AvgIpc) is 2.39. The summed E-state index contributed by atoms with van der Waals surface area (Å²) in [6.07, 6.45) is 2.02. The molecule has 0 atom stereocenters. The van der Waals surface area contributed by atoms with Gasteiger partial charge in [0.2, 0.25) is 5.88 Å². The molecule has 2 aromatic rings. The van der Waals surface area contributed by atoms with Crippen LogP contribution in [0.15, 0.2) is 41.0 Å². The minimum atomic E-state index is -0.513. The van der Waals surface area contributed by atoms with E-state index in [4.69, 9.17) is 4.74 Å². The van der Waals surface area contributed by atoms with Gasteiger partial charge in [-0.2, -0.15) is 0 Å². The lowest BCUT2D eigenvalue weighted by atomic mass is 10.3. The number of rotatable bonds is 4. The Morgan fingerprint density at radius 3 is 2.68 bits per heavy atom. The molecule has 0 unspecified atom stereocenters. The summed E-state index contributed by atoms with van der Waals surface area (Å²) in [4.78, 5) is 24.6. The van der Waals surface area contributed by atoms with E-state index in [0.717, 1.165) is 0 Å². The fourth-order valence-corrected chi connectivity index (χ4v) is 1.81. The predicted octanol–water partition coefficient (Wildman–Crippen LogP) is 3.36. The fraction of sp³-hybridized carbons (Fsp3) is 0. The number of nitrogens with zero attached hydrogens (tertiary/aromatic N) is 2. The molecule has 0 saturated carbocycles. The molecule has 6 nitrogen and oxygen atoms in total. The molecule has 0 fully saturated rings. The Morgan fingerprint density at radius 2 is 2.11 bits per heavy atom. The Kier molecular flexibility index (Phi) is 3.86.